The summed E-state index contributed by atoms with van der Waals surface area (Å²) in [6.45, 7) is 2.63. The molecule has 0 bridgehead atoms. The van der Waals surface area contributed by atoms with E-state index in [1.165, 1.54) is 6.07 Å². The molecule has 0 unspecified atom stereocenters. The molecule has 2 rings (SSSR count). The Bertz CT molecular complexity index is 848. The number of carbonyl (C=O) groups excluding carboxylic acids is 1. The van der Waals surface area contributed by atoms with Crippen LogP contribution in [0, 0.1) is 0 Å². The van der Waals surface area contributed by atoms with Gasteiger partial charge in [0.05, 0.1) is 23.5 Å². The quantitative estimate of drug-likeness (QED) is 0.511. The SMILES string of the molecule is CCOCCOC(=O)c1cc(S(N)(=O)=O)c(Cl)cc1CCc1ccco1. The zero-order valence-electron chi connectivity index (χ0n) is 14.2. The molecule has 0 radical (unpaired) electrons. The van der Waals surface area contributed by atoms with Crippen LogP contribution in [0.2, 0.25) is 5.02 Å². The average Bonchev–Trinajstić information content (AvgIpc) is 3.09. The fourth-order valence-corrected chi connectivity index (χ4v) is 3.46. The summed E-state index contributed by atoms with van der Waals surface area (Å²) in [7, 11) is -4.08. The summed E-state index contributed by atoms with van der Waals surface area (Å²) in [4.78, 5) is 12.1. The first-order chi connectivity index (χ1) is 12.3. The van der Waals surface area contributed by atoms with Gasteiger partial charge in [-0.1, -0.05) is 11.6 Å². The van der Waals surface area contributed by atoms with Crippen molar-refractivity contribution in [3.8, 4) is 0 Å². The largest absolute Gasteiger partial charge is 0.469 e. The van der Waals surface area contributed by atoms with Gasteiger partial charge in [0.25, 0.3) is 0 Å². The second-order valence-corrected chi connectivity index (χ2v) is 7.33. The number of furan rings is 1. The van der Waals surface area contributed by atoms with E-state index in [1.54, 1.807) is 18.4 Å². The van der Waals surface area contributed by atoms with E-state index in [1.807, 2.05) is 6.92 Å². The lowest BCUT2D eigenvalue weighted by Gasteiger charge is -2.12. The first-order valence-corrected chi connectivity index (χ1v) is 9.87. The highest BCUT2D eigenvalue weighted by molar-refractivity contribution is 7.89. The van der Waals surface area contributed by atoms with Gasteiger partial charge in [0.1, 0.15) is 17.3 Å². The maximum absolute atomic E-state index is 12.4. The highest BCUT2D eigenvalue weighted by Gasteiger charge is 2.21. The summed E-state index contributed by atoms with van der Waals surface area (Å²) in [6.07, 6.45) is 2.47. The van der Waals surface area contributed by atoms with E-state index in [9.17, 15) is 13.2 Å². The number of hydrogen-bond donors (Lipinski definition) is 1. The maximum Gasteiger partial charge on any atom is 0.338 e. The molecule has 9 heteroatoms. The molecule has 2 N–H and O–H groups in total. The summed E-state index contributed by atoms with van der Waals surface area (Å²) >= 11 is 6.04. The number of esters is 1. The Morgan fingerprint density at radius 1 is 1.27 bits per heavy atom. The summed E-state index contributed by atoms with van der Waals surface area (Å²) in [5.74, 6) is 0.0630. The van der Waals surface area contributed by atoms with Gasteiger partial charge in [0.15, 0.2) is 0 Å². The van der Waals surface area contributed by atoms with Crippen LogP contribution in [0.1, 0.15) is 28.6 Å². The fourth-order valence-electron chi connectivity index (χ4n) is 2.34. The molecule has 142 valence electrons. The van der Waals surface area contributed by atoms with Crippen molar-refractivity contribution < 1.29 is 27.1 Å². The number of nitrogens with two attached hydrogens (primary N) is 1. The molecule has 0 atom stereocenters. The van der Waals surface area contributed by atoms with Crippen LogP contribution in [-0.4, -0.2) is 34.2 Å². The van der Waals surface area contributed by atoms with Gasteiger partial charge in [-0.2, -0.15) is 0 Å². The lowest BCUT2D eigenvalue weighted by atomic mass is 10.0. The molecule has 1 heterocycles. The molecular formula is C17H20ClNO6S. The fraction of sp³-hybridized carbons (Fsp3) is 0.353. The first-order valence-electron chi connectivity index (χ1n) is 7.95. The van der Waals surface area contributed by atoms with E-state index in [0.29, 0.717) is 25.0 Å². The Morgan fingerprint density at radius 2 is 2.04 bits per heavy atom. The minimum atomic E-state index is -4.08. The van der Waals surface area contributed by atoms with Crippen LogP contribution in [0.3, 0.4) is 0 Å². The summed E-state index contributed by atoms with van der Waals surface area (Å²) in [6, 6.07) is 6.14. The number of rotatable bonds is 9. The lowest BCUT2D eigenvalue weighted by molar-refractivity contribution is 0.0334. The van der Waals surface area contributed by atoms with Crippen molar-refractivity contribution in [2.24, 2.45) is 5.14 Å². The molecule has 2 aromatic rings. The Kier molecular flexibility index (Phi) is 7.22. The number of hydrogen-bond acceptors (Lipinski definition) is 6. The van der Waals surface area contributed by atoms with Gasteiger partial charge in [-0.05, 0) is 43.2 Å². The molecule has 0 amide bonds. The lowest BCUT2D eigenvalue weighted by Crippen LogP contribution is -2.17. The second kappa shape index (κ2) is 9.18. The Balaban J connectivity index is 2.28. The van der Waals surface area contributed by atoms with E-state index in [-0.39, 0.29) is 28.7 Å². The number of sulfonamides is 1. The van der Waals surface area contributed by atoms with Crippen molar-refractivity contribution >= 4 is 27.6 Å². The number of aryl methyl sites for hydroxylation is 2. The number of primary sulfonamides is 1. The predicted molar refractivity (Wildman–Crippen MR) is 95.7 cm³/mol. The Morgan fingerprint density at radius 3 is 2.65 bits per heavy atom. The van der Waals surface area contributed by atoms with Crippen molar-refractivity contribution in [3.05, 3.63) is 52.4 Å². The monoisotopic (exact) mass is 401 g/mol. The number of halogens is 1. The van der Waals surface area contributed by atoms with Crippen molar-refractivity contribution in [1.82, 2.24) is 0 Å². The predicted octanol–water partition coefficient (Wildman–Crippen LogP) is 2.56. The first kappa shape index (κ1) is 20.4. The molecule has 0 aliphatic heterocycles. The maximum atomic E-state index is 12.4. The number of benzene rings is 1. The van der Waals surface area contributed by atoms with Crippen LogP contribution < -0.4 is 5.14 Å². The van der Waals surface area contributed by atoms with Crippen LogP contribution in [-0.2, 0) is 32.3 Å². The van der Waals surface area contributed by atoms with Crippen molar-refractivity contribution in [3.63, 3.8) is 0 Å². The third kappa shape index (κ3) is 5.57. The highest BCUT2D eigenvalue weighted by Crippen LogP contribution is 2.26. The molecule has 26 heavy (non-hydrogen) atoms. The van der Waals surface area contributed by atoms with Crippen LogP contribution in [0.4, 0.5) is 0 Å². The van der Waals surface area contributed by atoms with Gasteiger partial charge in [-0.15, -0.1) is 0 Å². The van der Waals surface area contributed by atoms with Crippen molar-refractivity contribution in [1.29, 1.82) is 0 Å². The minimum absolute atomic E-state index is 0.0483. The van der Waals surface area contributed by atoms with Crippen LogP contribution in [0.5, 0.6) is 0 Å². The van der Waals surface area contributed by atoms with E-state index in [4.69, 9.17) is 30.6 Å². The summed E-state index contributed by atoms with van der Waals surface area (Å²) < 4.78 is 38.9. The molecule has 0 aliphatic rings. The van der Waals surface area contributed by atoms with Crippen molar-refractivity contribution in [2.75, 3.05) is 19.8 Å². The second-order valence-electron chi connectivity index (χ2n) is 5.40. The smallest absolute Gasteiger partial charge is 0.338 e. The molecule has 0 saturated carbocycles. The molecule has 1 aromatic heterocycles. The van der Waals surface area contributed by atoms with Gasteiger partial charge in [0, 0.05) is 13.0 Å². The summed E-state index contributed by atoms with van der Waals surface area (Å²) in [5.41, 5.74) is 0.640. The normalized spacial score (nSPS) is 11.5. The number of carbonyl (C=O) groups is 1. The van der Waals surface area contributed by atoms with Gasteiger partial charge in [-0.25, -0.2) is 18.4 Å². The zero-order chi connectivity index (χ0) is 19.2. The molecule has 0 aliphatic carbocycles. The van der Waals surface area contributed by atoms with Gasteiger partial charge in [-0.3, -0.25) is 0 Å². The molecule has 7 nitrogen and oxygen atoms in total. The number of ether oxygens (including phenoxy) is 2. The standard InChI is InChI=1S/C17H20ClNO6S/c1-2-23-8-9-25-17(20)14-11-16(26(19,21)22)15(18)10-12(14)5-6-13-4-3-7-24-13/h3-4,7,10-11H,2,5-6,8-9H2,1H3,(H2,19,21,22). The third-order valence-corrected chi connectivity index (χ3v) is 4.95. The molecule has 0 spiro atoms. The van der Waals surface area contributed by atoms with Crippen LogP contribution >= 0.6 is 11.6 Å². The van der Waals surface area contributed by atoms with Crippen LogP contribution in [0.15, 0.2) is 39.8 Å². The molecular weight excluding hydrogens is 382 g/mol. The molecule has 0 fully saturated rings. The topological polar surface area (TPSA) is 109 Å². The zero-order valence-corrected chi connectivity index (χ0v) is 15.8. The molecule has 1 aromatic carbocycles. The Labute approximate surface area is 157 Å². The van der Waals surface area contributed by atoms with Crippen molar-refractivity contribution in [2.45, 2.75) is 24.7 Å². The molecule has 0 saturated heterocycles. The average molecular weight is 402 g/mol. The van der Waals surface area contributed by atoms with Gasteiger partial charge < -0.3 is 13.9 Å². The minimum Gasteiger partial charge on any atom is -0.469 e. The van der Waals surface area contributed by atoms with Crippen LogP contribution in [0.25, 0.3) is 0 Å². The summed E-state index contributed by atoms with van der Waals surface area (Å²) in [5, 5.41) is 5.12. The van der Waals surface area contributed by atoms with E-state index < -0.39 is 16.0 Å². The highest BCUT2D eigenvalue weighted by atomic mass is 35.5. The van der Waals surface area contributed by atoms with E-state index >= 15 is 0 Å². The third-order valence-electron chi connectivity index (χ3n) is 3.57. The van der Waals surface area contributed by atoms with E-state index in [0.717, 1.165) is 11.8 Å². The van der Waals surface area contributed by atoms with Gasteiger partial charge >= 0.3 is 5.97 Å². The van der Waals surface area contributed by atoms with E-state index in [2.05, 4.69) is 0 Å². The van der Waals surface area contributed by atoms with Gasteiger partial charge in [0.2, 0.25) is 10.0 Å². The Hall–Kier alpha value is -1.87.